The van der Waals surface area contributed by atoms with Crippen LogP contribution in [-0.4, -0.2) is 23.6 Å². The van der Waals surface area contributed by atoms with E-state index in [1.807, 2.05) is 13.0 Å². The number of aliphatic hydroxyl groups is 1. The molecule has 2 saturated carbocycles. The molecule has 0 bridgehead atoms. The monoisotopic (exact) mass is 418 g/mol. The number of hydrogen-bond acceptors (Lipinski definition) is 3. The lowest BCUT2D eigenvalue weighted by Crippen LogP contribution is -2.53. The van der Waals surface area contributed by atoms with Crippen LogP contribution in [-0.2, 0) is 4.79 Å². The van der Waals surface area contributed by atoms with Crippen molar-refractivity contribution in [3.05, 3.63) is 41.0 Å². The molecule has 31 heavy (non-hydrogen) atoms. The van der Waals surface area contributed by atoms with Crippen LogP contribution in [0.4, 0.5) is 0 Å². The van der Waals surface area contributed by atoms with E-state index in [-0.39, 0.29) is 5.41 Å². The van der Waals surface area contributed by atoms with Crippen LogP contribution in [0, 0.1) is 35.0 Å². The van der Waals surface area contributed by atoms with Gasteiger partial charge in [-0.15, -0.1) is 5.92 Å². The molecule has 0 saturated heterocycles. The van der Waals surface area contributed by atoms with Gasteiger partial charge in [0.1, 0.15) is 17.1 Å². The van der Waals surface area contributed by atoms with E-state index < -0.39 is 5.60 Å². The van der Waals surface area contributed by atoms with E-state index in [2.05, 4.69) is 37.0 Å². The molecule has 0 amide bonds. The number of allylic oxidation sites excluding steroid dienone is 2. The van der Waals surface area contributed by atoms with Crippen LogP contribution in [0.5, 0.6) is 5.75 Å². The maximum atomic E-state index is 12.2. The molecule has 2 fully saturated rings. The van der Waals surface area contributed by atoms with Gasteiger partial charge in [-0.25, -0.2) is 0 Å². The number of ether oxygens (including phenoxy) is 1. The van der Waals surface area contributed by atoms with Gasteiger partial charge in [-0.2, -0.15) is 0 Å². The van der Waals surface area contributed by atoms with E-state index in [4.69, 9.17) is 4.74 Å². The molecular formula is C28H34O3. The van der Waals surface area contributed by atoms with Crippen molar-refractivity contribution in [2.24, 2.45) is 23.2 Å². The molecule has 0 heterocycles. The summed E-state index contributed by atoms with van der Waals surface area (Å²) in [7, 11) is 1.72. The van der Waals surface area contributed by atoms with E-state index >= 15 is 0 Å². The third kappa shape index (κ3) is 3.10. The van der Waals surface area contributed by atoms with E-state index in [0.717, 1.165) is 44.3 Å². The zero-order valence-electron chi connectivity index (χ0n) is 19.0. The van der Waals surface area contributed by atoms with Crippen LogP contribution in [0.15, 0.2) is 35.4 Å². The first-order valence-electron chi connectivity index (χ1n) is 11.9. The zero-order chi connectivity index (χ0) is 21.8. The topological polar surface area (TPSA) is 46.5 Å². The number of rotatable bonds is 2. The summed E-state index contributed by atoms with van der Waals surface area (Å²) >= 11 is 0. The number of carbonyl (C=O) groups is 1. The van der Waals surface area contributed by atoms with Gasteiger partial charge in [0, 0.05) is 18.3 Å². The Bertz CT molecular complexity index is 995. The maximum absolute atomic E-state index is 12.2. The minimum atomic E-state index is -0.911. The molecule has 1 aromatic carbocycles. The van der Waals surface area contributed by atoms with Crippen LogP contribution in [0.25, 0.3) is 0 Å². The van der Waals surface area contributed by atoms with E-state index in [9.17, 15) is 9.90 Å². The number of carbonyl (C=O) groups excluding carboxylic acids is 1. The summed E-state index contributed by atoms with van der Waals surface area (Å²) in [5.41, 5.74) is 3.18. The molecule has 6 atom stereocenters. The van der Waals surface area contributed by atoms with Gasteiger partial charge < -0.3 is 9.84 Å². The molecule has 1 aromatic rings. The predicted octanol–water partition coefficient (Wildman–Crippen LogP) is 5.43. The third-order valence-electron chi connectivity index (χ3n) is 9.21. The summed E-state index contributed by atoms with van der Waals surface area (Å²) in [6.07, 6.45) is 7.23. The molecule has 0 radical (unpaired) electrons. The predicted molar refractivity (Wildman–Crippen MR) is 122 cm³/mol. The molecule has 4 aliphatic carbocycles. The van der Waals surface area contributed by atoms with E-state index in [0.29, 0.717) is 42.3 Å². The third-order valence-corrected chi connectivity index (χ3v) is 9.21. The van der Waals surface area contributed by atoms with Crippen molar-refractivity contribution in [1.82, 2.24) is 0 Å². The standard InChI is InChI=1S/C28H34O3/c1-4-13-28(30)14-12-25-23-10-8-19-15-20(29)9-11-22(19)26(23)24(17-27(25,28)2)18-6-5-7-21(16-18)31-3/h5-7,16,23-26,30H,8-12,14-15,17H2,1-3H3/t23-,24+,25-,26+,27-,28-/m0/s1. The molecule has 164 valence electrons. The van der Waals surface area contributed by atoms with Gasteiger partial charge in [-0.1, -0.05) is 36.1 Å². The van der Waals surface area contributed by atoms with E-state index in [1.54, 1.807) is 12.7 Å². The van der Waals surface area contributed by atoms with Crippen molar-refractivity contribution in [3.8, 4) is 17.6 Å². The van der Waals surface area contributed by atoms with Gasteiger partial charge in [-0.3, -0.25) is 4.79 Å². The van der Waals surface area contributed by atoms with Gasteiger partial charge in [0.25, 0.3) is 0 Å². The number of ketones is 1. The van der Waals surface area contributed by atoms with Crippen LogP contribution >= 0.6 is 0 Å². The Morgan fingerprint density at radius 1 is 1.19 bits per heavy atom. The minimum Gasteiger partial charge on any atom is -0.497 e. The lowest BCUT2D eigenvalue weighted by Gasteiger charge is -2.56. The van der Waals surface area contributed by atoms with Crippen molar-refractivity contribution >= 4 is 5.78 Å². The quantitative estimate of drug-likeness (QED) is 0.515. The maximum Gasteiger partial charge on any atom is 0.137 e. The molecule has 0 aliphatic heterocycles. The first-order valence-corrected chi connectivity index (χ1v) is 11.9. The van der Waals surface area contributed by atoms with E-state index in [1.165, 1.54) is 11.1 Å². The molecule has 4 aliphatic rings. The fraction of sp³-hybridized carbons (Fsp3) is 0.607. The number of Topliss-reactive ketones (excluding diaryl/α,β-unsaturated/α-hetero) is 1. The second-order valence-electron chi connectivity index (χ2n) is 10.5. The van der Waals surface area contributed by atoms with Crippen molar-refractivity contribution in [3.63, 3.8) is 0 Å². The highest BCUT2D eigenvalue weighted by Gasteiger charge is 2.63. The summed E-state index contributed by atoms with van der Waals surface area (Å²) in [5.74, 6) is 9.40. The fourth-order valence-corrected chi connectivity index (χ4v) is 7.79. The molecule has 3 heteroatoms. The smallest absolute Gasteiger partial charge is 0.137 e. The highest BCUT2D eigenvalue weighted by Crippen LogP contribution is 2.67. The summed E-state index contributed by atoms with van der Waals surface area (Å²) in [5, 5.41) is 11.7. The minimum absolute atomic E-state index is 0.215. The fourth-order valence-electron chi connectivity index (χ4n) is 7.79. The Morgan fingerprint density at radius 3 is 2.81 bits per heavy atom. The number of fused-ring (bicyclic) bond motifs is 4. The molecule has 0 spiro atoms. The van der Waals surface area contributed by atoms with Crippen molar-refractivity contribution in [2.75, 3.05) is 7.11 Å². The average Bonchev–Trinajstić information content (AvgIpc) is 3.03. The lowest BCUT2D eigenvalue weighted by molar-refractivity contribution is -0.119. The van der Waals surface area contributed by atoms with Crippen LogP contribution in [0.1, 0.15) is 76.7 Å². The Kier molecular flexibility index (Phi) is 5.05. The Labute approximate surface area is 186 Å². The summed E-state index contributed by atoms with van der Waals surface area (Å²) in [6, 6.07) is 8.52. The Morgan fingerprint density at radius 2 is 2.03 bits per heavy atom. The average molecular weight is 419 g/mol. The molecule has 3 nitrogen and oxygen atoms in total. The van der Waals surface area contributed by atoms with Gasteiger partial charge >= 0.3 is 0 Å². The molecular weight excluding hydrogens is 384 g/mol. The SMILES string of the molecule is CC#C[C@]1(O)CC[C@H]2[C@@H]3CCC4=C(CCC(=O)C4)[C@H]3[C@@H](c3cccc(OC)c3)C[C@@]21C. The normalized spacial score (nSPS) is 39.2. The zero-order valence-corrected chi connectivity index (χ0v) is 19.0. The molecule has 5 rings (SSSR count). The van der Waals surface area contributed by atoms with Crippen molar-refractivity contribution in [1.29, 1.82) is 0 Å². The van der Waals surface area contributed by atoms with Crippen LogP contribution < -0.4 is 4.74 Å². The van der Waals surface area contributed by atoms with Gasteiger partial charge in [0.15, 0.2) is 0 Å². The molecule has 0 unspecified atom stereocenters. The summed E-state index contributed by atoms with van der Waals surface area (Å²) in [4.78, 5) is 12.2. The largest absolute Gasteiger partial charge is 0.497 e. The van der Waals surface area contributed by atoms with Crippen LogP contribution in [0.2, 0.25) is 0 Å². The number of benzene rings is 1. The van der Waals surface area contributed by atoms with Gasteiger partial charge in [0.05, 0.1) is 7.11 Å². The Balaban J connectivity index is 1.64. The highest BCUT2D eigenvalue weighted by molar-refractivity contribution is 5.82. The molecule has 0 aromatic heterocycles. The second-order valence-corrected chi connectivity index (χ2v) is 10.5. The first kappa shape index (κ1) is 20.8. The summed E-state index contributed by atoms with van der Waals surface area (Å²) < 4.78 is 5.57. The number of methoxy groups -OCH3 is 1. The number of hydrogen-bond donors (Lipinski definition) is 1. The van der Waals surface area contributed by atoms with Gasteiger partial charge in [-0.05, 0) is 86.8 Å². The van der Waals surface area contributed by atoms with Crippen molar-refractivity contribution in [2.45, 2.75) is 76.7 Å². The lowest BCUT2D eigenvalue weighted by atomic mass is 9.48. The Hall–Kier alpha value is -2.05. The highest BCUT2D eigenvalue weighted by atomic mass is 16.5. The van der Waals surface area contributed by atoms with Crippen molar-refractivity contribution < 1.29 is 14.6 Å². The molecule has 1 N–H and O–H groups in total. The second kappa shape index (κ2) is 7.52. The first-order chi connectivity index (χ1) is 14.9. The van der Waals surface area contributed by atoms with Crippen LogP contribution in [0.3, 0.4) is 0 Å². The summed E-state index contributed by atoms with van der Waals surface area (Å²) in [6.45, 7) is 4.14. The van der Waals surface area contributed by atoms with Gasteiger partial charge in [0.2, 0.25) is 0 Å².